The zero-order chi connectivity index (χ0) is 21.0. The summed E-state index contributed by atoms with van der Waals surface area (Å²) in [4.78, 5) is 15.9. The van der Waals surface area contributed by atoms with Gasteiger partial charge in [-0.05, 0) is 36.4 Å². The molecule has 148 valence electrons. The number of alkyl halides is 3. The van der Waals surface area contributed by atoms with Gasteiger partial charge < -0.3 is 10.6 Å². The highest BCUT2D eigenvalue weighted by Crippen LogP contribution is 2.30. The molecule has 2 amide bonds. The Hall–Kier alpha value is -3.58. The van der Waals surface area contributed by atoms with Crippen molar-refractivity contribution in [1.82, 2.24) is 20.1 Å². The van der Waals surface area contributed by atoms with Crippen molar-refractivity contribution in [3.05, 3.63) is 70.8 Å². The van der Waals surface area contributed by atoms with E-state index < -0.39 is 17.9 Å². The molecule has 11 heteroatoms. The van der Waals surface area contributed by atoms with Crippen molar-refractivity contribution in [1.29, 1.82) is 5.26 Å². The van der Waals surface area contributed by atoms with Crippen LogP contribution in [0.4, 0.5) is 23.7 Å². The first kappa shape index (κ1) is 20.2. The summed E-state index contributed by atoms with van der Waals surface area (Å²) in [5.41, 5.74) is -0.165. The predicted octanol–water partition coefficient (Wildman–Crippen LogP) is 4.13. The average Bonchev–Trinajstić information content (AvgIpc) is 3.12. The number of pyridine rings is 1. The zero-order valence-electron chi connectivity index (χ0n) is 14.5. The molecule has 3 rings (SSSR count). The van der Waals surface area contributed by atoms with Crippen LogP contribution in [0.15, 0.2) is 48.7 Å². The number of nitriles is 1. The lowest BCUT2D eigenvalue weighted by molar-refractivity contribution is -0.141. The van der Waals surface area contributed by atoms with Crippen LogP contribution in [0.1, 0.15) is 17.1 Å². The number of carbonyl (C=O) groups excluding carboxylic acids is 1. The standard InChI is InChI=1S/C18H12ClF3N6O/c19-11-2-1-3-14(6-11)28-15(7-16(27-28)18(20,21)22)10-25-17(29)26-13-5-4-12(8-23)24-9-13/h1-7,9H,10H2,(H2,25,26,29). The molecule has 0 bridgehead atoms. The van der Waals surface area contributed by atoms with Crippen molar-refractivity contribution in [2.24, 2.45) is 0 Å². The second kappa shape index (κ2) is 8.20. The number of halogens is 4. The highest BCUT2D eigenvalue weighted by molar-refractivity contribution is 6.30. The lowest BCUT2D eigenvalue weighted by Crippen LogP contribution is -2.29. The molecule has 0 aliphatic heterocycles. The second-order valence-corrected chi connectivity index (χ2v) is 6.20. The predicted molar refractivity (Wildman–Crippen MR) is 98.4 cm³/mol. The van der Waals surface area contributed by atoms with E-state index in [1.807, 2.05) is 6.07 Å². The molecule has 0 aliphatic carbocycles. The van der Waals surface area contributed by atoms with Crippen molar-refractivity contribution in [3.8, 4) is 11.8 Å². The third-order valence-corrected chi connectivity index (χ3v) is 3.93. The van der Waals surface area contributed by atoms with Gasteiger partial charge >= 0.3 is 12.2 Å². The number of aromatic nitrogens is 3. The monoisotopic (exact) mass is 420 g/mol. The molecule has 0 fully saturated rings. The number of hydrogen-bond acceptors (Lipinski definition) is 4. The Morgan fingerprint density at radius 2 is 2.03 bits per heavy atom. The molecule has 0 saturated heterocycles. The summed E-state index contributed by atoms with van der Waals surface area (Å²) in [7, 11) is 0. The van der Waals surface area contributed by atoms with Crippen LogP contribution < -0.4 is 10.6 Å². The van der Waals surface area contributed by atoms with Crippen LogP contribution in [0, 0.1) is 11.3 Å². The fourth-order valence-electron chi connectivity index (χ4n) is 2.40. The summed E-state index contributed by atoms with van der Waals surface area (Å²) in [5, 5.41) is 17.6. The average molecular weight is 421 g/mol. The maximum Gasteiger partial charge on any atom is 0.435 e. The fourth-order valence-corrected chi connectivity index (χ4v) is 2.58. The maximum absolute atomic E-state index is 13.1. The molecule has 2 aromatic heterocycles. The SMILES string of the molecule is N#Cc1ccc(NC(=O)NCc2cc(C(F)(F)F)nn2-c2cccc(Cl)c2)cn1. The van der Waals surface area contributed by atoms with Crippen LogP contribution >= 0.6 is 11.6 Å². The van der Waals surface area contributed by atoms with Crippen molar-refractivity contribution < 1.29 is 18.0 Å². The lowest BCUT2D eigenvalue weighted by atomic mass is 10.3. The van der Waals surface area contributed by atoms with Gasteiger partial charge in [0.2, 0.25) is 0 Å². The minimum Gasteiger partial charge on any atom is -0.332 e. The molecule has 1 aromatic carbocycles. The molecule has 0 atom stereocenters. The number of nitrogens with one attached hydrogen (secondary N) is 2. The van der Waals surface area contributed by atoms with Crippen LogP contribution in [-0.4, -0.2) is 20.8 Å². The molecular formula is C18H12ClF3N6O. The van der Waals surface area contributed by atoms with E-state index in [4.69, 9.17) is 16.9 Å². The molecule has 7 nitrogen and oxygen atoms in total. The molecular weight excluding hydrogens is 409 g/mol. The summed E-state index contributed by atoms with van der Waals surface area (Å²) in [6.07, 6.45) is -3.36. The molecule has 0 unspecified atom stereocenters. The van der Waals surface area contributed by atoms with Gasteiger partial charge in [0.05, 0.1) is 29.8 Å². The highest BCUT2D eigenvalue weighted by Gasteiger charge is 2.35. The van der Waals surface area contributed by atoms with Gasteiger partial charge in [-0.3, -0.25) is 0 Å². The summed E-state index contributed by atoms with van der Waals surface area (Å²) in [5.74, 6) is 0. The van der Waals surface area contributed by atoms with E-state index in [0.29, 0.717) is 16.4 Å². The van der Waals surface area contributed by atoms with E-state index in [2.05, 4.69) is 20.7 Å². The van der Waals surface area contributed by atoms with Gasteiger partial charge in [-0.2, -0.15) is 23.5 Å². The zero-order valence-corrected chi connectivity index (χ0v) is 15.3. The van der Waals surface area contributed by atoms with E-state index >= 15 is 0 Å². The largest absolute Gasteiger partial charge is 0.435 e. The van der Waals surface area contributed by atoms with E-state index in [-0.39, 0.29) is 17.9 Å². The van der Waals surface area contributed by atoms with Crippen LogP contribution in [0.5, 0.6) is 0 Å². The Balaban J connectivity index is 1.77. The van der Waals surface area contributed by atoms with Crippen molar-refractivity contribution >= 4 is 23.3 Å². The molecule has 3 aromatic rings. The number of carbonyl (C=O) groups is 1. The lowest BCUT2D eigenvalue weighted by Gasteiger charge is -2.10. The Labute approximate surface area is 167 Å². The number of amides is 2. The van der Waals surface area contributed by atoms with Gasteiger partial charge in [-0.25, -0.2) is 14.5 Å². The molecule has 0 radical (unpaired) electrons. The van der Waals surface area contributed by atoms with Crippen LogP contribution in [-0.2, 0) is 12.7 Å². The van der Waals surface area contributed by atoms with Gasteiger partial charge in [-0.1, -0.05) is 17.7 Å². The van der Waals surface area contributed by atoms with Gasteiger partial charge in [0.15, 0.2) is 5.69 Å². The Bertz CT molecular complexity index is 1070. The number of urea groups is 1. The second-order valence-electron chi connectivity index (χ2n) is 5.76. The number of nitrogens with zero attached hydrogens (tertiary/aromatic N) is 4. The Morgan fingerprint density at radius 1 is 1.24 bits per heavy atom. The van der Waals surface area contributed by atoms with Crippen molar-refractivity contribution in [3.63, 3.8) is 0 Å². The van der Waals surface area contributed by atoms with Crippen LogP contribution in [0.25, 0.3) is 5.69 Å². The highest BCUT2D eigenvalue weighted by atomic mass is 35.5. The Morgan fingerprint density at radius 3 is 2.66 bits per heavy atom. The molecule has 0 saturated carbocycles. The van der Waals surface area contributed by atoms with Crippen LogP contribution in [0.2, 0.25) is 5.02 Å². The summed E-state index contributed by atoms with van der Waals surface area (Å²) in [6.45, 7) is -0.231. The number of anilines is 1. The summed E-state index contributed by atoms with van der Waals surface area (Å²) >= 11 is 5.91. The van der Waals surface area contributed by atoms with Crippen molar-refractivity contribution in [2.45, 2.75) is 12.7 Å². The van der Waals surface area contributed by atoms with Gasteiger partial charge in [0.1, 0.15) is 11.8 Å². The normalized spacial score (nSPS) is 11.0. The van der Waals surface area contributed by atoms with Gasteiger partial charge in [0, 0.05) is 5.02 Å². The van der Waals surface area contributed by atoms with E-state index in [1.165, 1.54) is 24.4 Å². The molecule has 2 N–H and O–H groups in total. The molecule has 0 aliphatic rings. The third kappa shape index (κ3) is 5.03. The van der Waals surface area contributed by atoms with Crippen LogP contribution in [0.3, 0.4) is 0 Å². The molecule has 0 spiro atoms. The number of benzene rings is 1. The van der Waals surface area contributed by atoms with E-state index in [9.17, 15) is 18.0 Å². The first-order valence-electron chi connectivity index (χ1n) is 8.09. The Kier molecular flexibility index (Phi) is 5.70. The first-order valence-corrected chi connectivity index (χ1v) is 8.47. The van der Waals surface area contributed by atoms with E-state index in [1.54, 1.807) is 18.2 Å². The summed E-state index contributed by atoms with van der Waals surface area (Å²) < 4.78 is 40.3. The summed E-state index contributed by atoms with van der Waals surface area (Å²) in [6, 6.07) is 11.1. The fraction of sp³-hybridized carbons (Fsp3) is 0.111. The number of rotatable bonds is 4. The van der Waals surface area contributed by atoms with Crippen molar-refractivity contribution in [2.75, 3.05) is 5.32 Å². The molecule has 2 heterocycles. The third-order valence-electron chi connectivity index (χ3n) is 3.69. The van der Waals surface area contributed by atoms with Gasteiger partial charge in [0.25, 0.3) is 0 Å². The quantitative estimate of drug-likeness (QED) is 0.663. The smallest absolute Gasteiger partial charge is 0.332 e. The minimum atomic E-state index is -4.64. The van der Waals surface area contributed by atoms with Gasteiger partial charge in [-0.15, -0.1) is 0 Å². The first-order chi connectivity index (χ1) is 13.8. The molecule has 29 heavy (non-hydrogen) atoms. The minimum absolute atomic E-state index is 0.104. The van der Waals surface area contributed by atoms with E-state index in [0.717, 1.165) is 10.7 Å². The maximum atomic E-state index is 13.1. The topological polar surface area (TPSA) is 95.6 Å². The number of hydrogen-bond donors (Lipinski definition) is 2.